The summed E-state index contributed by atoms with van der Waals surface area (Å²) in [6, 6.07) is 7.74. The van der Waals surface area contributed by atoms with Gasteiger partial charge in [-0.15, -0.1) is 11.8 Å². The number of carbonyl (C=O) groups excluding carboxylic acids is 1. The summed E-state index contributed by atoms with van der Waals surface area (Å²) in [5.74, 6) is 1.63. The number of nitrogens with zero attached hydrogens (tertiary/aromatic N) is 2. The highest BCUT2D eigenvalue weighted by atomic mass is 35.5. The molecule has 108 valence electrons. The van der Waals surface area contributed by atoms with Gasteiger partial charge in [0.25, 0.3) is 0 Å². The Labute approximate surface area is 133 Å². The van der Waals surface area contributed by atoms with Crippen LogP contribution in [0.3, 0.4) is 0 Å². The zero-order valence-corrected chi connectivity index (χ0v) is 13.1. The lowest BCUT2D eigenvalue weighted by molar-refractivity contribution is 0.0981. The lowest BCUT2D eigenvalue weighted by Crippen LogP contribution is -2.06. The highest BCUT2D eigenvalue weighted by molar-refractivity contribution is 7.98. The number of fused-ring (bicyclic) bond motifs is 1. The minimum Gasteiger partial charge on any atom is -0.294 e. The summed E-state index contributed by atoms with van der Waals surface area (Å²) in [5, 5.41) is 0.730. The van der Waals surface area contributed by atoms with Gasteiger partial charge in [-0.3, -0.25) is 4.79 Å². The molecule has 3 rings (SSSR count). The molecule has 2 aromatic rings. The maximum Gasteiger partial charge on any atom is 0.166 e. The Morgan fingerprint density at radius 2 is 2.10 bits per heavy atom. The normalized spacial score (nSPS) is 14.6. The molecule has 0 N–H and O–H groups in total. The number of Topliss-reactive ketones (excluding diaryl/α,β-unsaturated/α-hetero) is 1. The van der Waals surface area contributed by atoms with E-state index in [1.807, 2.05) is 24.3 Å². The summed E-state index contributed by atoms with van der Waals surface area (Å²) in [6.07, 6.45) is 5.16. The van der Waals surface area contributed by atoms with Crippen molar-refractivity contribution in [1.29, 1.82) is 0 Å². The molecule has 1 aromatic carbocycles. The van der Waals surface area contributed by atoms with Crippen molar-refractivity contribution in [2.45, 2.75) is 36.3 Å². The Morgan fingerprint density at radius 1 is 1.24 bits per heavy atom. The zero-order chi connectivity index (χ0) is 14.7. The Kier molecular flexibility index (Phi) is 4.56. The number of aryl methyl sites for hydroxylation is 1. The molecule has 5 heteroatoms. The van der Waals surface area contributed by atoms with Crippen LogP contribution in [0.1, 0.15) is 41.1 Å². The van der Waals surface area contributed by atoms with Crippen LogP contribution in [0, 0.1) is 0 Å². The molecule has 0 bridgehead atoms. The number of hydrogen-bond acceptors (Lipinski definition) is 4. The van der Waals surface area contributed by atoms with Gasteiger partial charge in [0.1, 0.15) is 5.82 Å². The van der Waals surface area contributed by atoms with Gasteiger partial charge >= 0.3 is 0 Å². The van der Waals surface area contributed by atoms with Crippen molar-refractivity contribution in [2.75, 3.05) is 0 Å². The van der Waals surface area contributed by atoms with Gasteiger partial charge in [-0.25, -0.2) is 9.97 Å². The first-order chi connectivity index (χ1) is 10.2. The van der Waals surface area contributed by atoms with Crippen LogP contribution in [0.15, 0.2) is 35.4 Å². The number of aromatic nitrogens is 2. The van der Waals surface area contributed by atoms with E-state index in [0.29, 0.717) is 17.7 Å². The van der Waals surface area contributed by atoms with E-state index in [1.54, 1.807) is 18.0 Å². The standard InChI is InChI=1S/C16H15ClN2OS/c17-11-4-3-5-12(8-11)21-10-16-18-9-13-14(19-16)6-1-2-7-15(13)20/h3-5,8-9H,1-2,6-7,10H2. The second-order valence-electron chi connectivity index (χ2n) is 5.02. The van der Waals surface area contributed by atoms with Crippen LogP contribution in [0.5, 0.6) is 0 Å². The van der Waals surface area contributed by atoms with E-state index in [9.17, 15) is 4.79 Å². The third-order valence-corrected chi connectivity index (χ3v) is 4.67. The molecule has 1 aliphatic rings. The van der Waals surface area contributed by atoms with Gasteiger partial charge in [-0.05, 0) is 37.5 Å². The fourth-order valence-corrected chi connectivity index (χ4v) is 3.44. The smallest absolute Gasteiger partial charge is 0.166 e. The summed E-state index contributed by atoms with van der Waals surface area (Å²) in [6.45, 7) is 0. The van der Waals surface area contributed by atoms with Crippen LogP contribution in [0.2, 0.25) is 5.02 Å². The van der Waals surface area contributed by atoms with Crippen molar-refractivity contribution in [1.82, 2.24) is 9.97 Å². The van der Waals surface area contributed by atoms with Gasteiger partial charge in [0, 0.05) is 22.5 Å². The van der Waals surface area contributed by atoms with Crippen LogP contribution in [0.4, 0.5) is 0 Å². The molecule has 0 unspecified atom stereocenters. The van der Waals surface area contributed by atoms with Crippen LogP contribution < -0.4 is 0 Å². The first kappa shape index (κ1) is 14.5. The van der Waals surface area contributed by atoms with E-state index in [1.165, 1.54) is 0 Å². The predicted octanol–water partition coefficient (Wildman–Crippen LogP) is 4.33. The largest absolute Gasteiger partial charge is 0.294 e. The van der Waals surface area contributed by atoms with Crippen molar-refractivity contribution in [3.8, 4) is 0 Å². The molecule has 21 heavy (non-hydrogen) atoms. The summed E-state index contributed by atoms with van der Waals surface area (Å²) in [7, 11) is 0. The summed E-state index contributed by atoms with van der Waals surface area (Å²) in [5.41, 5.74) is 1.62. The third kappa shape index (κ3) is 3.63. The third-order valence-electron chi connectivity index (χ3n) is 3.45. The predicted molar refractivity (Wildman–Crippen MR) is 84.9 cm³/mol. The lowest BCUT2D eigenvalue weighted by Gasteiger charge is -2.06. The van der Waals surface area contributed by atoms with Gasteiger partial charge in [0.2, 0.25) is 0 Å². The van der Waals surface area contributed by atoms with Gasteiger partial charge in [-0.1, -0.05) is 17.7 Å². The highest BCUT2D eigenvalue weighted by Crippen LogP contribution is 2.25. The Morgan fingerprint density at radius 3 is 2.95 bits per heavy atom. The van der Waals surface area contributed by atoms with Crippen molar-refractivity contribution in [3.63, 3.8) is 0 Å². The molecule has 0 aliphatic heterocycles. The van der Waals surface area contributed by atoms with Gasteiger partial charge in [0.15, 0.2) is 5.78 Å². The molecule has 3 nitrogen and oxygen atoms in total. The fraction of sp³-hybridized carbons (Fsp3) is 0.312. The number of ketones is 1. The van der Waals surface area contributed by atoms with Crippen molar-refractivity contribution >= 4 is 29.1 Å². The molecule has 0 saturated carbocycles. The molecule has 0 radical (unpaired) electrons. The average molecular weight is 319 g/mol. The Hall–Kier alpha value is -1.39. The second-order valence-corrected chi connectivity index (χ2v) is 6.51. The molecule has 1 aliphatic carbocycles. The first-order valence-electron chi connectivity index (χ1n) is 6.99. The van der Waals surface area contributed by atoms with Crippen LogP contribution in [-0.2, 0) is 12.2 Å². The van der Waals surface area contributed by atoms with Gasteiger partial charge in [0.05, 0.1) is 17.0 Å². The topological polar surface area (TPSA) is 42.9 Å². The monoisotopic (exact) mass is 318 g/mol. The van der Waals surface area contributed by atoms with E-state index in [4.69, 9.17) is 11.6 Å². The zero-order valence-electron chi connectivity index (χ0n) is 11.5. The van der Waals surface area contributed by atoms with E-state index in [2.05, 4.69) is 9.97 Å². The molecule has 0 amide bonds. The van der Waals surface area contributed by atoms with Gasteiger partial charge < -0.3 is 0 Å². The number of thioether (sulfide) groups is 1. The number of rotatable bonds is 3. The van der Waals surface area contributed by atoms with E-state index >= 15 is 0 Å². The molecule has 0 atom stereocenters. The maximum atomic E-state index is 11.9. The molecular formula is C16H15ClN2OS. The van der Waals surface area contributed by atoms with Crippen LogP contribution in [0.25, 0.3) is 0 Å². The number of carbonyl (C=O) groups is 1. The summed E-state index contributed by atoms with van der Waals surface area (Å²) in [4.78, 5) is 21.9. The molecular weight excluding hydrogens is 304 g/mol. The lowest BCUT2D eigenvalue weighted by atomic mass is 10.1. The molecule has 0 spiro atoms. The van der Waals surface area contributed by atoms with Crippen LogP contribution >= 0.6 is 23.4 Å². The summed E-state index contributed by atoms with van der Waals surface area (Å²) < 4.78 is 0. The summed E-state index contributed by atoms with van der Waals surface area (Å²) >= 11 is 7.62. The average Bonchev–Trinajstić information content (AvgIpc) is 2.67. The Bertz CT molecular complexity index is 675. The van der Waals surface area contributed by atoms with E-state index in [0.717, 1.165) is 40.7 Å². The van der Waals surface area contributed by atoms with Crippen molar-refractivity contribution in [3.05, 3.63) is 52.6 Å². The maximum absolute atomic E-state index is 11.9. The Balaban J connectivity index is 1.75. The first-order valence-corrected chi connectivity index (χ1v) is 8.35. The molecule has 0 saturated heterocycles. The minimum atomic E-state index is 0.177. The van der Waals surface area contributed by atoms with Gasteiger partial charge in [-0.2, -0.15) is 0 Å². The SMILES string of the molecule is O=C1CCCCc2nc(CSc3cccc(Cl)c3)ncc21. The fourth-order valence-electron chi connectivity index (χ4n) is 2.37. The van der Waals surface area contributed by atoms with Crippen molar-refractivity contribution < 1.29 is 4.79 Å². The van der Waals surface area contributed by atoms with E-state index < -0.39 is 0 Å². The highest BCUT2D eigenvalue weighted by Gasteiger charge is 2.17. The molecule has 1 aromatic heterocycles. The van der Waals surface area contributed by atoms with Crippen LogP contribution in [-0.4, -0.2) is 15.8 Å². The number of benzene rings is 1. The molecule has 1 heterocycles. The molecule has 0 fully saturated rings. The van der Waals surface area contributed by atoms with E-state index in [-0.39, 0.29) is 5.78 Å². The number of hydrogen-bond donors (Lipinski definition) is 0. The minimum absolute atomic E-state index is 0.177. The second kappa shape index (κ2) is 6.58. The quantitative estimate of drug-likeness (QED) is 0.624. The van der Waals surface area contributed by atoms with Crippen molar-refractivity contribution in [2.24, 2.45) is 0 Å². The number of halogens is 1.